The summed E-state index contributed by atoms with van der Waals surface area (Å²) in [5, 5.41) is 4.67. The number of aryl methyl sites for hydroxylation is 1. The highest BCUT2D eigenvalue weighted by Crippen LogP contribution is 2.33. The van der Waals surface area contributed by atoms with E-state index in [4.69, 9.17) is 38.4 Å². The van der Waals surface area contributed by atoms with Gasteiger partial charge < -0.3 is 15.2 Å². The van der Waals surface area contributed by atoms with Crippen LogP contribution in [-0.4, -0.2) is 24.5 Å². The molecule has 0 radical (unpaired) electrons. The van der Waals surface area contributed by atoms with Crippen molar-refractivity contribution in [3.8, 4) is 11.5 Å². The van der Waals surface area contributed by atoms with Gasteiger partial charge in [0, 0.05) is 0 Å². The summed E-state index contributed by atoms with van der Waals surface area (Å²) >= 11 is 17.1. The van der Waals surface area contributed by atoms with Gasteiger partial charge in [-0.25, -0.2) is 0 Å². The zero-order chi connectivity index (χ0) is 18.2. The van der Waals surface area contributed by atoms with E-state index in [1.165, 1.54) is 11.8 Å². The van der Waals surface area contributed by atoms with Crippen LogP contribution in [0.1, 0.15) is 11.1 Å². The molecule has 0 fully saturated rings. The van der Waals surface area contributed by atoms with E-state index >= 15 is 0 Å². The predicted molar refractivity (Wildman–Crippen MR) is 106 cm³/mol. The van der Waals surface area contributed by atoms with Crippen LogP contribution in [0.4, 0.5) is 0 Å². The number of hydrogen-bond acceptors (Lipinski definition) is 4. The summed E-state index contributed by atoms with van der Waals surface area (Å²) in [6.45, 7) is 2.70. The van der Waals surface area contributed by atoms with Gasteiger partial charge in [-0.05, 0) is 49.0 Å². The van der Waals surface area contributed by atoms with Crippen molar-refractivity contribution in [1.82, 2.24) is 5.43 Å². The summed E-state index contributed by atoms with van der Waals surface area (Å²) in [5.74, 6) is 1.18. The van der Waals surface area contributed by atoms with Gasteiger partial charge in [0.25, 0.3) is 0 Å². The highest BCUT2D eigenvalue weighted by Gasteiger charge is 2.09. The number of halogens is 2. The molecule has 0 spiro atoms. The topological polar surface area (TPSA) is 68.9 Å². The zero-order valence-corrected chi connectivity index (χ0v) is 15.8. The molecule has 2 aromatic rings. The summed E-state index contributed by atoms with van der Waals surface area (Å²) in [7, 11) is 0. The molecule has 25 heavy (non-hydrogen) atoms. The lowest BCUT2D eigenvalue weighted by Gasteiger charge is -2.12. The molecule has 0 aliphatic rings. The maximum Gasteiger partial charge on any atom is 0.184 e. The summed E-state index contributed by atoms with van der Waals surface area (Å²) < 4.78 is 11.2. The summed E-state index contributed by atoms with van der Waals surface area (Å²) in [4.78, 5) is 0. The molecule has 2 rings (SSSR count). The van der Waals surface area contributed by atoms with Gasteiger partial charge in [-0.3, -0.25) is 5.43 Å². The first-order valence-electron chi connectivity index (χ1n) is 7.35. The third-order valence-corrected chi connectivity index (χ3v) is 3.68. The van der Waals surface area contributed by atoms with Crippen molar-refractivity contribution >= 4 is 46.7 Å². The largest absolute Gasteiger partial charge is 0.490 e. The Hall–Kier alpha value is -2.02. The molecular formula is C17H17Cl2N3O2S. The van der Waals surface area contributed by atoms with E-state index in [-0.39, 0.29) is 5.11 Å². The Bertz CT molecular complexity index is 744. The van der Waals surface area contributed by atoms with Gasteiger partial charge in [-0.1, -0.05) is 40.9 Å². The molecule has 132 valence electrons. The third kappa shape index (κ3) is 6.42. The van der Waals surface area contributed by atoms with Crippen LogP contribution in [0.2, 0.25) is 10.0 Å². The van der Waals surface area contributed by atoms with Crippen LogP contribution in [-0.2, 0) is 0 Å². The minimum Gasteiger partial charge on any atom is -0.490 e. The summed E-state index contributed by atoms with van der Waals surface area (Å²) in [6, 6.07) is 11.1. The lowest BCUT2D eigenvalue weighted by Crippen LogP contribution is -2.23. The molecular weight excluding hydrogens is 381 g/mol. The van der Waals surface area contributed by atoms with E-state index < -0.39 is 0 Å². The highest BCUT2D eigenvalue weighted by atomic mass is 35.5. The fraction of sp³-hybridized carbons (Fsp3) is 0.176. The number of nitrogens with zero attached hydrogens (tertiary/aromatic N) is 1. The van der Waals surface area contributed by atoms with Crippen LogP contribution >= 0.6 is 35.4 Å². The number of nitrogens with two attached hydrogens (primary N) is 1. The van der Waals surface area contributed by atoms with Crippen LogP contribution in [0, 0.1) is 6.92 Å². The number of rotatable bonds is 7. The number of ether oxygens (including phenoxy) is 2. The molecule has 0 unspecified atom stereocenters. The van der Waals surface area contributed by atoms with Gasteiger partial charge >= 0.3 is 0 Å². The standard InChI is InChI=1S/C17H17Cl2N3O2S/c1-11-2-4-13(5-3-11)23-6-7-24-16-14(18)8-12(9-15(16)19)10-21-22-17(20)25/h2-5,8-10H,6-7H2,1H3,(H3,20,22,25). The summed E-state index contributed by atoms with van der Waals surface area (Å²) in [6.07, 6.45) is 1.50. The quantitative estimate of drug-likeness (QED) is 0.320. The second-order valence-corrected chi connectivity index (χ2v) is 6.31. The van der Waals surface area contributed by atoms with E-state index in [1.54, 1.807) is 12.1 Å². The van der Waals surface area contributed by atoms with Crippen molar-refractivity contribution < 1.29 is 9.47 Å². The average Bonchev–Trinajstić information content (AvgIpc) is 2.55. The van der Waals surface area contributed by atoms with Crippen molar-refractivity contribution in [2.45, 2.75) is 6.92 Å². The lowest BCUT2D eigenvalue weighted by atomic mass is 10.2. The predicted octanol–water partition coefficient (Wildman–Crippen LogP) is 3.93. The Kier molecular flexibility index (Phi) is 7.31. The first kappa shape index (κ1) is 19.3. The van der Waals surface area contributed by atoms with E-state index in [2.05, 4.69) is 22.7 Å². The number of benzene rings is 2. The number of thiocarbonyl (C=S) groups is 1. The molecule has 0 atom stereocenters. The summed E-state index contributed by atoms with van der Waals surface area (Å²) in [5.41, 5.74) is 9.59. The van der Waals surface area contributed by atoms with E-state index in [0.29, 0.717) is 34.6 Å². The van der Waals surface area contributed by atoms with Crippen molar-refractivity contribution in [2.75, 3.05) is 13.2 Å². The second-order valence-electron chi connectivity index (χ2n) is 5.06. The van der Waals surface area contributed by atoms with Gasteiger partial charge in [0.2, 0.25) is 0 Å². The van der Waals surface area contributed by atoms with Crippen LogP contribution in [0.25, 0.3) is 0 Å². The molecule has 3 N–H and O–H groups in total. The van der Waals surface area contributed by atoms with Gasteiger partial charge in [0.05, 0.1) is 16.3 Å². The van der Waals surface area contributed by atoms with E-state index in [9.17, 15) is 0 Å². The van der Waals surface area contributed by atoms with Crippen molar-refractivity contribution in [3.63, 3.8) is 0 Å². The number of hydrazone groups is 1. The van der Waals surface area contributed by atoms with Crippen molar-refractivity contribution in [2.24, 2.45) is 10.8 Å². The normalized spacial score (nSPS) is 10.7. The molecule has 2 aromatic carbocycles. The van der Waals surface area contributed by atoms with Crippen LogP contribution in [0.15, 0.2) is 41.5 Å². The zero-order valence-electron chi connectivity index (χ0n) is 13.5. The lowest BCUT2D eigenvalue weighted by molar-refractivity contribution is 0.217. The Morgan fingerprint density at radius 2 is 1.76 bits per heavy atom. The van der Waals surface area contributed by atoms with Gasteiger partial charge in [0.1, 0.15) is 19.0 Å². The fourth-order valence-electron chi connectivity index (χ4n) is 1.90. The molecule has 0 saturated carbocycles. The average molecular weight is 398 g/mol. The third-order valence-electron chi connectivity index (χ3n) is 3.03. The van der Waals surface area contributed by atoms with Gasteiger partial charge in [-0.15, -0.1) is 0 Å². The highest BCUT2D eigenvalue weighted by molar-refractivity contribution is 7.80. The van der Waals surface area contributed by atoms with E-state index in [1.807, 2.05) is 31.2 Å². The molecule has 0 amide bonds. The van der Waals surface area contributed by atoms with Crippen molar-refractivity contribution in [1.29, 1.82) is 0 Å². The smallest absolute Gasteiger partial charge is 0.184 e. The van der Waals surface area contributed by atoms with Gasteiger partial charge in [-0.2, -0.15) is 5.10 Å². The Morgan fingerprint density at radius 1 is 1.16 bits per heavy atom. The molecule has 0 saturated heterocycles. The molecule has 0 aromatic heterocycles. The Labute approximate surface area is 161 Å². The fourth-order valence-corrected chi connectivity index (χ4v) is 2.57. The van der Waals surface area contributed by atoms with E-state index in [0.717, 1.165) is 5.75 Å². The first-order chi connectivity index (χ1) is 12.0. The number of nitrogens with one attached hydrogen (secondary N) is 1. The Balaban J connectivity index is 1.90. The molecule has 0 aliphatic heterocycles. The van der Waals surface area contributed by atoms with Crippen molar-refractivity contribution in [3.05, 3.63) is 57.6 Å². The number of hydrogen-bond donors (Lipinski definition) is 2. The monoisotopic (exact) mass is 397 g/mol. The first-order valence-corrected chi connectivity index (χ1v) is 8.52. The molecule has 0 bridgehead atoms. The van der Waals surface area contributed by atoms with Crippen LogP contribution in [0.3, 0.4) is 0 Å². The molecule has 0 aliphatic carbocycles. The van der Waals surface area contributed by atoms with Gasteiger partial charge in [0.15, 0.2) is 10.9 Å². The minimum absolute atomic E-state index is 0.0713. The molecule has 0 heterocycles. The maximum absolute atomic E-state index is 6.21. The van der Waals surface area contributed by atoms with Crippen LogP contribution in [0.5, 0.6) is 11.5 Å². The SMILES string of the molecule is Cc1ccc(OCCOc2c(Cl)cc(C=NNC(N)=S)cc2Cl)cc1. The molecule has 8 heteroatoms. The Morgan fingerprint density at radius 3 is 2.36 bits per heavy atom. The maximum atomic E-state index is 6.21. The second kappa shape index (κ2) is 9.46. The van der Waals surface area contributed by atoms with Crippen LogP contribution < -0.4 is 20.6 Å². The molecule has 5 nitrogen and oxygen atoms in total. The minimum atomic E-state index is 0.0713.